The molecule has 4 rings (SSSR count). The van der Waals surface area contributed by atoms with E-state index in [9.17, 15) is 9.59 Å². The van der Waals surface area contributed by atoms with Gasteiger partial charge in [-0.2, -0.15) is 0 Å². The highest BCUT2D eigenvalue weighted by molar-refractivity contribution is 6.30. The lowest BCUT2D eigenvalue weighted by Crippen LogP contribution is -2.57. The van der Waals surface area contributed by atoms with Gasteiger partial charge in [-0.15, -0.1) is 0 Å². The molecular formula is C26H31ClN2O4. The molecule has 0 spiro atoms. The third-order valence-corrected chi connectivity index (χ3v) is 7.12. The van der Waals surface area contributed by atoms with Crippen LogP contribution in [0.2, 0.25) is 5.02 Å². The first kappa shape index (κ1) is 23.6. The van der Waals surface area contributed by atoms with Gasteiger partial charge < -0.3 is 14.8 Å². The second kappa shape index (κ2) is 10.1. The van der Waals surface area contributed by atoms with Crippen LogP contribution < -0.4 is 10.1 Å². The lowest BCUT2D eigenvalue weighted by Gasteiger charge is -2.38. The zero-order valence-electron chi connectivity index (χ0n) is 19.2. The van der Waals surface area contributed by atoms with Gasteiger partial charge in [-0.05, 0) is 62.1 Å². The first-order valence-corrected chi connectivity index (χ1v) is 12.0. The lowest BCUT2D eigenvalue weighted by atomic mass is 9.93. The van der Waals surface area contributed by atoms with E-state index in [0.717, 1.165) is 56.5 Å². The van der Waals surface area contributed by atoms with Crippen molar-refractivity contribution in [3.05, 3.63) is 64.7 Å². The normalized spacial score (nSPS) is 20.9. The standard InChI is InChI=1S/C26H31ClN2O4/c1-18(19-8-10-20(11-9-19)24(30)32-2)28-25(31)26(13-3-4-14-26)29-15-12-23(17-29)33-22-7-5-6-21(27)16-22/h5-11,16,18,23H,3-4,12-15,17H2,1-2H3,(H,28,31)/t18?,23-/m1/s1. The van der Waals surface area contributed by atoms with Gasteiger partial charge in [0.05, 0.1) is 18.7 Å². The van der Waals surface area contributed by atoms with E-state index in [4.69, 9.17) is 21.1 Å². The minimum Gasteiger partial charge on any atom is -0.489 e. The van der Waals surface area contributed by atoms with Gasteiger partial charge in [0.2, 0.25) is 5.91 Å². The summed E-state index contributed by atoms with van der Waals surface area (Å²) in [6.45, 7) is 3.53. The largest absolute Gasteiger partial charge is 0.489 e. The van der Waals surface area contributed by atoms with Crippen molar-refractivity contribution >= 4 is 23.5 Å². The van der Waals surface area contributed by atoms with Crippen molar-refractivity contribution in [2.24, 2.45) is 0 Å². The zero-order valence-corrected chi connectivity index (χ0v) is 19.9. The molecule has 6 nitrogen and oxygen atoms in total. The van der Waals surface area contributed by atoms with Crippen LogP contribution in [0.3, 0.4) is 0 Å². The van der Waals surface area contributed by atoms with Crippen molar-refractivity contribution in [3.8, 4) is 5.75 Å². The van der Waals surface area contributed by atoms with E-state index in [-0.39, 0.29) is 24.0 Å². The molecule has 7 heteroatoms. The lowest BCUT2D eigenvalue weighted by molar-refractivity contribution is -0.133. The van der Waals surface area contributed by atoms with E-state index < -0.39 is 5.54 Å². The second-order valence-corrected chi connectivity index (χ2v) is 9.42. The number of carbonyl (C=O) groups is 2. The fourth-order valence-electron chi connectivity index (χ4n) is 5.03. The van der Waals surface area contributed by atoms with E-state index in [1.54, 1.807) is 12.1 Å². The average Bonchev–Trinajstić information content (AvgIpc) is 3.49. The quantitative estimate of drug-likeness (QED) is 0.590. The first-order chi connectivity index (χ1) is 15.9. The highest BCUT2D eigenvalue weighted by Gasteiger charge is 2.49. The van der Waals surface area contributed by atoms with Gasteiger partial charge in [0.15, 0.2) is 0 Å². The number of hydrogen-bond donors (Lipinski definition) is 1. The summed E-state index contributed by atoms with van der Waals surface area (Å²) < 4.78 is 10.9. The molecule has 2 fully saturated rings. The summed E-state index contributed by atoms with van der Waals surface area (Å²) in [5, 5.41) is 3.89. The van der Waals surface area contributed by atoms with Gasteiger partial charge in [0, 0.05) is 18.1 Å². The van der Waals surface area contributed by atoms with Gasteiger partial charge >= 0.3 is 5.97 Å². The number of halogens is 1. The molecule has 2 aliphatic rings. The molecule has 1 saturated carbocycles. The highest BCUT2D eigenvalue weighted by atomic mass is 35.5. The Hall–Kier alpha value is -2.57. The third-order valence-electron chi connectivity index (χ3n) is 6.88. The van der Waals surface area contributed by atoms with Crippen molar-refractivity contribution in [2.45, 2.75) is 56.7 Å². The highest BCUT2D eigenvalue weighted by Crippen LogP contribution is 2.39. The molecule has 1 aliphatic carbocycles. The maximum Gasteiger partial charge on any atom is 0.337 e. The van der Waals surface area contributed by atoms with Gasteiger partial charge in [-0.25, -0.2) is 4.79 Å². The van der Waals surface area contributed by atoms with Crippen molar-refractivity contribution in [1.82, 2.24) is 10.2 Å². The molecule has 2 aromatic carbocycles. The van der Waals surface area contributed by atoms with Crippen molar-refractivity contribution in [3.63, 3.8) is 0 Å². The molecule has 1 saturated heterocycles. The number of nitrogens with one attached hydrogen (secondary N) is 1. The molecule has 176 valence electrons. The Labute approximate surface area is 200 Å². The zero-order chi connectivity index (χ0) is 23.4. The fraction of sp³-hybridized carbons (Fsp3) is 0.462. The second-order valence-electron chi connectivity index (χ2n) is 8.98. The number of methoxy groups -OCH3 is 1. The summed E-state index contributed by atoms with van der Waals surface area (Å²) in [5.74, 6) is 0.475. The van der Waals surface area contributed by atoms with Crippen LogP contribution in [0.15, 0.2) is 48.5 Å². The molecule has 1 unspecified atom stereocenters. The van der Waals surface area contributed by atoms with Crippen LogP contribution in [0, 0.1) is 0 Å². The summed E-state index contributed by atoms with van der Waals surface area (Å²) in [4.78, 5) is 27.6. The Morgan fingerprint density at radius 1 is 1.15 bits per heavy atom. The maximum absolute atomic E-state index is 13.6. The van der Waals surface area contributed by atoms with Crippen LogP contribution in [0.5, 0.6) is 5.75 Å². The summed E-state index contributed by atoms with van der Waals surface area (Å²) in [6, 6.07) is 14.5. The van der Waals surface area contributed by atoms with Crippen LogP contribution in [-0.4, -0.2) is 48.6 Å². The van der Waals surface area contributed by atoms with Crippen LogP contribution >= 0.6 is 11.6 Å². The summed E-state index contributed by atoms with van der Waals surface area (Å²) in [6.07, 6.45) is 4.73. The Morgan fingerprint density at radius 2 is 1.88 bits per heavy atom. The summed E-state index contributed by atoms with van der Waals surface area (Å²) in [7, 11) is 1.36. The molecule has 1 N–H and O–H groups in total. The van der Waals surface area contributed by atoms with Gasteiger partial charge in [0.25, 0.3) is 0 Å². The van der Waals surface area contributed by atoms with E-state index in [1.807, 2.05) is 43.3 Å². The van der Waals surface area contributed by atoms with Gasteiger partial charge in [0.1, 0.15) is 17.4 Å². The molecule has 1 aliphatic heterocycles. The predicted molar refractivity (Wildman–Crippen MR) is 128 cm³/mol. The molecule has 0 bridgehead atoms. The Bertz CT molecular complexity index is 988. The number of carbonyl (C=O) groups excluding carboxylic acids is 2. The minimum absolute atomic E-state index is 0.0389. The maximum atomic E-state index is 13.6. The van der Waals surface area contributed by atoms with E-state index in [2.05, 4.69) is 10.2 Å². The van der Waals surface area contributed by atoms with E-state index in [0.29, 0.717) is 10.6 Å². The molecule has 1 amide bonds. The number of benzene rings is 2. The van der Waals surface area contributed by atoms with E-state index in [1.165, 1.54) is 7.11 Å². The van der Waals surface area contributed by atoms with Gasteiger partial charge in [-0.1, -0.05) is 42.6 Å². The van der Waals surface area contributed by atoms with Crippen LogP contribution in [-0.2, 0) is 9.53 Å². The third kappa shape index (κ3) is 5.17. The van der Waals surface area contributed by atoms with Crippen LogP contribution in [0.1, 0.15) is 61.0 Å². The number of amides is 1. The molecule has 33 heavy (non-hydrogen) atoms. The van der Waals surface area contributed by atoms with Crippen molar-refractivity contribution in [1.29, 1.82) is 0 Å². The number of rotatable bonds is 7. The Morgan fingerprint density at radius 3 is 2.55 bits per heavy atom. The van der Waals surface area contributed by atoms with Gasteiger partial charge in [-0.3, -0.25) is 9.69 Å². The van der Waals surface area contributed by atoms with E-state index >= 15 is 0 Å². The number of hydrogen-bond acceptors (Lipinski definition) is 5. The smallest absolute Gasteiger partial charge is 0.337 e. The molecule has 0 aromatic heterocycles. The first-order valence-electron chi connectivity index (χ1n) is 11.6. The van der Waals surface area contributed by atoms with Crippen LogP contribution in [0.4, 0.5) is 0 Å². The molecule has 1 heterocycles. The molecular weight excluding hydrogens is 440 g/mol. The van der Waals surface area contributed by atoms with Crippen LogP contribution in [0.25, 0.3) is 0 Å². The number of ether oxygens (including phenoxy) is 2. The topological polar surface area (TPSA) is 67.9 Å². The Kier molecular flexibility index (Phi) is 7.25. The average molecular weight is 471 g/mol. The predicted octanol–water partition coefficient (Wildman–Crippen LogP) is 4.77. The fourth-order valence-corrected chi connectivity index (χ4v) is 5.21. The SMILES string of the molecule is COC(=O)c1ccc(C(C)NC(=O)C2(N3CC[C@@H](Oc4cccc(Cl)c4)C3)CCCC2)cc1. The van der Waals surface area contributed by atoms with Crippen molar-refractivity contribution in [2.75, 3.05) is 20.2 Å². The summed E-state index contributed by atoms with van der Waals surface area (Å²) >= 11 is 6.09. The Balaban J connectivity index is 1.42. The number of nitrogens with zero attached hydrogens (tertiary/aromatic N) is 1. The minimum atomic E-state index is -0.493. The number of esters is 1. The van der Waals surface area contributed by atoms with Crippen molar-refractivity contribution < 1.29 is 19.1 Å². The molecule has 0 radical (unpaired) electrons. The monoisotopic (exact) mass is 470 g/mol. The molecule has 2 aromatic rings. The number of likely N-dealkylation sites (tertiary alicyclic amines) is 1. The summed E-state index contributed by atoms with van der Waals surface area (Å²) in [5.41, 5.74) is 0.953. The molecule has 2 atom stereocenters.